The van der Waals surface area contributed by atoms with E-state index in [-0.39, 0.29) is 5.69 Å². The molecule has 5 heteroatoms. The molecule has 0 saturated carbocycles. The summed E-state index contributed by atoms with van der Waals surface area (Å²) < 4.78 is 13.5. The Morgan fingerprint density at radius 3 is 3.08 bits per heavy atom. The van der Waals surface area contributed by atoms with E-state index >= 15 is 0 Å². The fraction of sp³-hybridized carbons (Fsp3) is 0.429. The Morgan fingerprint density at radius 2 is 2.58 bits per heavy atom. The van der Waals surface area contributed by atoms with Crippen LogP contribution in [0.5, 0.6) is 0 Å². The van der Waals surface area contributed by atoms with Gasteiger partial charge in [0.1, 0.15) is 12.4 Å². The molecule has 1 unspecified atom stereocenters. The minimum absolute atomic E-state index is 0.236. The number of aromatic nitrogens is 2. The van der Waals surface area contributed by atoms with E-state index in [0.717, 1.165) is 0 Å². The number of hydrogen-bond acceptors (Lipinski definition) is 2. The molecule has 1 aromatic heterocycles. The molecule has 1 rings (SSSR count). The largest absolute Gasteiger partial charge is 0.364 e. The van der Waals surface area contributed by atoms with Gasteiger partial charge in [0.2, 0.25) is 0 Å². The normalized spacial score (nSPS) is 12.8. The molecule has 1 heterocycles. The zero-order valence-corrected chi connectivity index (χ0v) is 6.70. The van der Waals surface area contributed by atoms with E-state index in [1.807, 2.05) is 0 Å². The van der Waals surface area contributed by atoms with Gasteiger partial charge in [-0.3, -0.25) is 9.48 Å². The van der Waals surface area contributed by atoms with Crippen molar-refractivity contribution in [2.45, 2.75) is 13.0 Å². The highest BCUT2D eigenvalue weighted by molar-refractivity contribution is 5.90. The highest BCUT2D eigenvalue weighted by Crippen LogP contribution is 2.08. The maximum absolute atomic E-state index is 12.2. The number of nitrogens with two attached hydrogens (primary N) is 1. The Bertz CT molecular complexity index is 284. The second-order valence-electron chi connectivity index (χ2n) is 2.53. The number of primary amides is 1. The number of amides is 1. The van der Waals surface area contributed by atoms with Crippen molar-refractivity contribution in [3.63, 3.8) is 0 Å². The number of rotatable bonds is 3. The summed E-state index contributed by atoms with van der Waals surface area (Å²) in [5.41, 5.74) is 5.27. The maximum atomic E-state index is 12.2. The molecule has 0 aliphatic carbocycles. The van der Waals surface area contributed by atoms with E-state index in [2.05, 4.69) is 5.10 Å². The fourth-order valence-electron chi connectivity index (χ4n) is 0.926. The predicted molar refractivity (Wildman–Crippen MR) is 41.4 cm³/mol. The van der Waals surface area contributed by atoms with Crippen molar-refractivity contribution in [1.82, 2.24) is 9.78 Å². The van der Waals surface area contributed by atoms with Crippen molar-refractivity contribution in [2.24, 2.45) is 5.73 Å². The summed E-state index contributed by atoms with van der Waals surface area (Å²) in [7, 11) is 0. The van der Waals surface area contributed by atoms with Gasteiger partial charge in [0.25, 0.3) is 5.91 Å². The molecule has 1 amide bonds. The molecule has 0 fully saturated rings. The smallest absolute Gasteiger partial charge is 0.266 e. The van der Waals surface area contributed by atoms with Crippen LogP contribution in [0, 0.1) is 0 Å². The average Bonchev–Trinajstić information content (AvgIpc) is 2.50. The van der Waals surface area contributed by atoms with Gasteiger partial charge in [-0.2, -0.15) is 5.10 Å². The first-order valence-corrected chi connectivity index (χ1v) is 3.56. The van der Waals surface area contributed by atoms with Gasteiger partial charge in [-0.1, -0.05) is 0 Å². The van der Waals surface area contributed by atoms with Crippen LogP contribution in [-0.2, 0) is 0 Å². The average molecular weight is 171 g/mol. The summed E-state index contributed by atoms with van der Waals surface area (Å²) in [6.45, 7) is 1.06. The number of carbonyl (C=O) groups excluding carboxylic acids is 1. The summed E-state index contributed by atoms with van der Waals surface area (Å²) in [5, 5.41) is 3.78. The molecule has 0 spiro atoms. The first-order chi connectivity index (χ1) is 5.66. The molecule has 0 aliphatic heterocycles. The van der Waals surface area contributed by atoms with E-state index in [0.29, 0.717) is 0 Å². The van der Waals surface area contributed by atoms with Crippen LogP contribution < -0.4 is 5.73 Å². The lowest BCUT2D eigenvalue weighted by Gasteiger charge is -2.09. The molecule has 1 aromatic rings. The van der Waals surface area contributed by atoms with Crippen LogP contribution in [0.15, 0.2) is 12.3 Å². The van der Waals surface area contributed by atoms with Crippen LogP contribution in [0.25, 0.3) is 0 Å². The molecule has 0 radical (unpaired) electrons. The molecule has 4 nitrogen and oxygen atoms in total. The Labute approximate surface area is 69.2 Å². The van der Waals surface area contributed by atoms with Crippen LogP contribution in [0.3, 0.4) is 0 Å². The lowest BCUT2D eigenvalue weighted by Crippen LogP contribution is -2.20. The Kier molecular flexibility index (Phi) is 2.42. The molecule has 1 atom stereocenters. The molecule has 0 bridgehead atoms. The van der Waals surface area contributed by atoms with Crippen molar-refractivity contribution >= 4 is 5.91 Å². The molecule has 2 N–H and O–H groups in total. The van der Waals surface area contributed by atoms with Gasteiger partial charge in [0.05, 0.1) is 6.04 Å². The second kappa shape index (κ2) is 3.34. The van der Waals surface area contributed by atoms with E-state index in [1.165, 1.54) is 16.9 Å². The van der Waals surface area contributed by atoms with Crippen LogP contribution in [0.1, 0.15) is 23.5 Å². The van der Waals surface area contributed by atoms with E-state index in [9.17, 15) is 9.18 Å². The number of nitrogens with zero attached hydrogens (tertiary/aromatic N) is 2. The Hall–Kier alpha value is -1.39. The highest BCUT2D eigenvalue weighted by atomic mass is 19.1. The third kappa shape index (κ3) is 1.44. The zero-order valence-electron chi connectivity index (χ0n) is 6.70. The Balaban J connectivity index is 2.98. The predicted octanol–water partition coefficient (Wildman–Crippen LogP) is 0.513. The van der Waals surface area contributed by atoms with Gasteiger partial charge >= 0.3 is 0 Å². The topological polar surface area (TPSA) is 60.9 Å². The minimum atomic E-state index is -0.590. The van der Waals surface area contributed by atoms with Crippen molar-refractivity contribution in [3.05, 3.63) is 18.0 Å². The first kappa shape index (κ1) is 8.70. The van der Waals surface area contributed by atoms with Crippen molar-refractivity contribution in [2.75, 3.05) is 6.67 Å². The lowest BCUT2D eigenvalue weighted by atomic mass is 10.3. The lowest BCUT2D eigenvalue weighted by molar-refractivity contribution is 0.0987. The number of carbonyl (C=O) groups is 1. The van der Waals surface area contributed by atoms with Crippen molar-refractivity contribution in [1.29, 1.82) is 0 Å². The fourth-order valence-corrected chi connectivity index (χ4v) is 0.926. The van der Waals surface area contributed by atoms with Crippen molar-refractivity contribution in [3.8, 4) is 0 Å². The minimum Gasteiger partial charge on any atom is -0.364 e. The standard InChI is InChI=1S/C7H10FN3O/c1-5(4-8)11-6(7(9)12)2-3-10-11/h2-3,5H,4H2,1H3,(H2,9,12). The van der Waals surface area contributed by atoms with E-state index in [1.54, 1.807) is 6.92 Å². The zero-order chi connectivity index (χ0) is 9.14. The number of halogens is 1. The summed E-state index contributed by atoms with van der Waals surface area (Å²) in [6.07, 6.45) is 1.42. The second-order valence-corrected chi connectivity index (χ2v) is 2.53. The number of hydrogen-bond donors (Lipinski definition) is 1. The van der Waals surface area contributed by atoms with Gasteiger partial charge < -0.3 is 5.73 Å². The summed E-state index contributed by atoms with van der Waals surface area (Å²) in [5.74, 6) is -0.590. The van der Waals surface area contributed by atoms with E-state index < -0.39 is 18.6 Å². The molecule has 0 aromatic carbocycles. The number of alkyl halides is 1. The summed E-state index contributed by atoms with van der Waals surface area (Å²) in [6, 6.07) is 1.02. The SMILES string of the molecule is CC(CF)n1nccc1C(N)=O. The molecule has 12 heavy (non-hydrogen) atoms. The van der Waals surface area contributed by atoms with Crippen LogP contribution in [0.2, 0.25) is 0 Å². The van der Waals surface area contributed by atoms with Crippen LogP contribution in [-0.4, -0.2) is 22.4 Å². The molecular weight excluding hydrogens is 161 g/mol. The highest BCUT2D eigenvalue weighted by Gasteiger charge is 2.12. The third-order valence-corrected chi connectivity index (χ3v) is 1.56. The van der Waals surface area contributed by atoms with Gasteiger partial charge in [-0.15, -0.1) is 0 Å². The van der Waals surface area contributed by atoms with Crippen LogP contribution in [0.4, 0.5) is 4.39 Å². The molecule has 0 aliphatic rings. The molecule has 0 saturated heterocycles. The van der Waals surface area contributed by atoms with Crippen LogP contribution >= 0.6 is 0 Å². The first-order valence-electron chi connectivity index (χ1n) is 3.56. The quantitative estimate of drug-likeness (QED) is 0.720. The maximum Gasteiger partial charge on any atom is 0.266 e. The Morgan fingerprint density at radius 1 is 1.92 bits per heavy atom. The summed E-state index contributed by atoms with van der Waals surface area (Å²) >= 11 is 0. The van der Waals surface area contributed by atoms with Crippen molar-refractivity contribution < 1.29 is 9.18 Å². The monoisotopic (exact) mass is 171 g/mol. The summed E-state index contributed by atoms with van der Waals surface area (Å²) in [4.78, 5) is 10.7. The van der Waals surface area contributed by atoms with Gasteiger partial charge in [0.15, 0.2) is 0 Å². The third-order valence-electron chi connectivity index (χ3n) is 1.56. The van der Waals surface area contributed by atoms with Gasteiger partial charge in [-0.25, -0.2) is 4.39 Å². The molecule has 66 valence electrons. The molecular formula is C7H10FN3O. The van der Waals surface area contributed by atoms with Gasteiger partial charge in [0, 0.05) is 6.20 Å². The van der Waals surface area contributed by atoms with Gasteiger partial charge in [-0.05, 0) is 13.0 Å². The van der Waals surface area contributed by atoms with E-state index in [4.69, 9.17) is 5.73 Å².